The van der Waals surface area contributed by atoms with Gasteiger partial charge in [0.15, 0.2) is 0 Å². The summed E-state index contributed by atoms with van der Waals surface area (Å²) in [4.78, 5) is 2.38. The summed E-state index contributed by atoms with van der Waals surface area (Å²) in [7, 11) is 2.18. The average molecular weight is 219 g/mol. The zero-order chi connectivity index (χ0) is 11.8. The third-order valence-corrected chi connectivity index (χ3v) is 4.19. The molecule has 88 valence electrons. The van der Waals surface area contributed by atoms with Crippen LogP contribution in [0.2, 0.25) is 0 Å². The zero-order valence-corrected chi connectivity index (χ0v) is 10.4. The van der Waals surface area contributed by atoms with Crippen LogP contribution >= 0.6 is 0 Å². The largest absolute Gasteiger partial charge is 0.508 e. The number of hydrogen-bond donors (Lipinski definition) is 1. The maximum Gasteiger partial charge on any atom is 0.115 e. The van der Waals surface area contributed by atoms with Crippen LogP contribution in [-0.2, 0) is 5.41 Å². The second kappa shape index (κ2) is 4.10. The van der Waals surface area contributed by atoms with Gasteiger partial charge in [-0.2, -0.15) is 0 Å². The molecule has 1 aliphatic rings. The molecule has 0 spiro atoms. The van der Waals surface area contributed by atoms with E-state index in [2.05, 4.69) is 31.9 Å². The zero-order valence-electron chi connectivity index (χ0n) is 10.4. The first kappa shape index (κ1) is 11.5. The van der Waals surface area contributed by atoms with Crippen LogP contribution < -0.4 is 0 Å². The van der Waals surface area contributed by atoms with Crippen LogP contribution in [0.4, 0.5) is 0 Å². The normalized spacial score (nSPS) is 31.6. The van der Waals surface area contributed by atoms with Crippen molar-refractivity contribution >= 4 is 0 Å². The third kappa shape index (κ3) is 1.94. The van der Waals surface area contributed by atoms with Crippen molar-refractivity contribution in [3.8, 4) is 5.75 Å². The molecule has 1 heterocycles. The van der Waals surface area contributed by atoms with Gasteiger partial charge in [0.05, 0.1) is 0 Å². The van der Waals surface area contributed by atoms with E-state index in [1.807, 2.05) is 12.1 Å². The van der Waals surface area contributed by atoms with E-state index in [0.29, 0.717) is 11.7 Å². The van der Waals surface area contributed by atoms with E-state index in [-0.39, 0.29) is 5.41 Å². The molecule has 2 nitrogen and oxygen atoms in total. The molecule has 2 heteroatoms. The van der Waals surface area contributed by atoms with Gasteiger partial charge in [-0.3, -0.25) is 0 Å². The van der Waals surface area contributed by atoms with Gasteiger partial charge in [-0.25, -0.2) is 0 Å². The van der Waals surface area contributed by atoms with Gasteiger partial charge in [-0.1, -0.05) is 26.0 Å². The predicted molar refractivity (Wildman–Crippen MR) is 66.7 cm³/mol. The molecule has 2 atom stereocenters. The molecular formula is C14H21NO. The SMILES string of the molecule is C[C@@H]1CN(C)CC[C@]1(C)c1cccc(O)c1. The fraction of sp³-hybridized carbons (Fsp3) is 0.571. The fourth-order valence-electron chi connectivity index (χ4n) is 2.72. The second-order valence-corrected chi connectivity index (χ2v) is 5.38. The minimum atomic E-state index is 0.200. The summed E-state index contributed by atoms with van der Waals surface area (Å²) < 4.78 is 0. The molecule has 1 aliphatic heterocycles. The highest BCUT2D eigenvalue weighted by atomic mass is 16.3. The van der Waals surface area contributed by atoms with Gasteiger partial charge in [0.2, 0.25) is 0 Å². The maximum absolute atomic E-state index is 9.59. The first-order valence-corrected chi connectivity index (χ1v) is 6.00. The van der Waals surface area contributed by atoms with Crippen molar-refractivity contribution in [1.29, 1.82) is 0 Å². The van der Waals surface area contributed by atoms with Crippen LogP contribution in [0.25, 0.3) is 0 Å². The third-order valence-electron chi connectivity index (χ3n) is 4.19. The number of piperidine rings is 1. The summed E-state index contributed by atoms with van der Waals surface area (Å²) in [5.41, 5.74) is 1.47. The highest BCUT2D eigenvalue weighted by Gasteiger charge is 2.36. The van der Waals surface area contributed by atoms with Crippen molar-refractivity contribution in [1.82, 2.24) is 4.90 Å². The number of likely N-dealkylation sites (tertiary alicyclic amines) is 1. The average Bonchev–Trinajstić information content (AvgIpc) is 2.24. The first-order chi connectivity index (χ1) is 7.52. The lowest BCUT2D eigenvalue weighted by Crippen LogP contribution is -2.45. The molecule has 0 aromatic heterocycles. The lowest BCUT2D eigenvalue weighted by Gasteiger charge is -2.44. The highest BCUT2D eigenvalue weighted by molar-refractivity contribution is 5.33. The topological polar surface area (TPSA) is 23.5 Å². The standard InChI is InChI=1S/C14H21NO/c1-11-10-15(3)8-7-14(11,2)12-5-4-6-13(16)9-12/h4-6,9,11,16H,7-8,10H2,1-3H3/t11-,14+/m1/s1. The molecule has 0 amide bonds. The second-order valence-electron chi connectivity index (χ2n) is 5.38. The Kier molecular flexibility index (Phi) is 2.94. The Hall–Kier alpha value is -1.02. The van der Waals surface area contributed by atoms with E-state index in [1.54, 1.807) is 6.07 Å². The number of phenolic OH excluding ortho intramolecular Hbond substituents is 1. The van der Waals surface area contributed by atoms with E-state index in [9.17, 15) is 5.11 Å². The molecule has 0 aliphatic carbocycles. The molecule has 2 rings (SSSR count). The summed E-state index contributed by atoms with van der Waals surface area (Å²) in [6.07, 6.45) is 1.16. The Labute approximate surface area is 97.9 Å². The molecule has 0 saturated carbocycles. The van der Waals surface area contributed by atoms with Gasteiger partial charge in [0.1, 0.15) is 5.75 Å². The molecule has 1 aromatic carbocycles. The molecule has 0 unspecified atom stereocenters. The number of rotatable bonds is 1. The van der Waals surface area contributed by atoms with Crippen LogP contribution in [0.15, 0.2) is 24.3 Å². The number of nitrogens with zero attached hydrogens (tertiary/aromatic N) is 1. The van der Waals surface area contributed by atoms with Crippen molar-refractivity contribution in [3.63, 3.8) is 0 Å². The van der Waals surface area contributed by atoms with Gasteiger partial charge in [-0.15, -0.1) is 0 Å². The number of aromatic hydroxyl groups is 1. The molecule has 16 heavy (non-hydrogen) atoms. The lowest BCUT2D eigenvalue weighted by atomic mass is 9.68. The van der Waals surface area contributed by atoms with E-state index >= 15 is 0 Å². The lowest BCUT2D eigenvalue weighted by molar-refractivity contribution is 0.133. The summed E-state index contributed by atoms with van der Waals surface area (Å²) in [6.45, 7) is 6.89. The van der Waals surface area contributed by atoms with Crippen molar-refractivity contribution in [3.05, 3.63) is 29.8 Å². The van der Waals surface area contributed by atoms with Crippen LogP contribution in [0.3, 0.4) is 0 Å². The Morgan fingerprint density at radius 1 is 1.44 bits per heavy atom. The van der Waals surface area contributed by atoms with Crippen LogP contribution in [0.5, 0.6) is 5.75 Å². The van der Waals surface area contributed by atoms with Gasteiger partial charge < -0.3 is 10.0 Å². The molecule has 1 N–H and O–H groups in total. The van der Waals surface area contributed by atoms with E-state index in [1.165, 1.54) is 5.56 Å². The number of hydrogen-bond acceptors (Lipinski definition) is 2. The quantitative estimate of drug-likeness (QED) is 0.785. The Balaban J connectivity index is 2.31. The minimum absolute atomic E-state index is 0.200. The van der Waals surface area contributed by atoms with Crippen LogP contribution in [0, 0.1) is 5.92 Å². The maximum atomic E-state index is 9.59. The Morgan fingerprint density at radius 2 is 2.19 bits per heavy atom. The summed E-state index contributed by atoms with van der Waals surface area (Å²) in [6, 6.07) is 7.75. The van der Waals surface area contributed by atoms with Crippen molar-refractivity contribution < 1.29 is 5.11 Å². The van der Waals surface area contributed by atoms with Crippen LogP contribution in [-0.4, -0.2) is 30.1 Å². The molecule has 0 radical (unpaired) electrons. The monoisotopic (exact) mass is 219 g/mol. The fourth-order valence-corrected chi connectivity index (χ4v) is 2.72. The number of benzene rings is 1. The Morgan fingerprint density at radius 3 is 2.81 bits per heavy atom. The Bertz CT molecular complexity index is 377. The highest BCUT2D eigenvalue weighted by Crippen LogP contribution is 2.39. The van der Waals surface area contributed by atoms with Gasteiger partial charge >= 0.3 is 0 Å². The summed E-state index contributed by atoms with van der Waals surface area (Å²) in [5, 5.41) is 9.59. The molecule has 0 bridgehead atoms. The summed E-state index contributed by atoms with van der Waals surface area (Å²) >= 11 is 0. The van der Waals surface area contributed by atoms with E-state index < -0.39 is 0 Å². The molecule has 1 fully saturated rings. The number of phenols is 1. The van der Waals surface area contributed by atoms with Crippen molar-refractivity contribution in [2.24, 2.45) is 5.92 Å². The first-order valence-electron chi connectivity index (χ1n) is 6.00. The summed E-state index contributed by atoms with van der Waals surface area (Å²) in [5.74, 6) is 0.998. The molecular weight excluding hydrogens is 198 g/mol. The predicted octanol–water partition coefficient (Wildman–Crippen LogP) is 2.62. The molecule has 1 aromatic rings. The van der Waals surface area contributed by atoms with Crippen molar-refractivity contribution in [2.75, 3.05) is 20.1 Å². The van der Waals surface area contributed by atoms with Crippen molar-refractivity contribution in [2.45, 2.75) is 25.7 Å². The smallest absolute Gasteiger partial charge is 0.115 e. The van der Waals surface area contributed by atoms with Crippen LogP contribution in [0.1, 0.15) is 25.8 Å². The minimum Gasteiger partial charge on any atom is -0.508 e. The van der Waals surface area contributed by atoms with Gasteiger partial charge in [0, 0.05) is 6.54 Å². The van der Waals surface area contributed by atoms with E-state index in [4.69, 9.17) is 0 Å². The van der Waals surface area contributed by atoms with Gasteiger partial charge in [-0.05, 0) is 49.0 Å². The van der Waals surface area contributed by atoms with E-state index in [0.717, 1.165) is 19.5 Å². The molecule has 1 saturated heterocycles. The van der Waals surface area contributed by atoms with Gasteiger partial charge in [0.25, 0.3) is 0 Å².